The van der Waals surface area contributed by atoms with Gasteiger partial charge < -0.3 is 24.2 Å². The minimum atomic E-state index is -2.89. The molecule has 5 atom stereocenters. The molecule has 2 N–H and O–H groups in total. The summed E-state index contributed by atoms with van der Waals surface area (Å²) in [6.45, 7) is 1.79. The number of esters is 2. The normalized spacial score (nSPS) is 35.5. The van der Waals surface area contributed by atoms with E-state index in [4.69, 9.17) is 8.92 Å². The average molecular weight is 363 g/mol. The van der Waals surface area contributed by atoms with Crippen LogP contribution < -0.4 is 0 Å². The molecule has 0 amide bonds. The molecule has 2 aliphatic carbocycles. The number of aliphatic hydroxyl groups excluding tert-OH is 2. The van der Waals surface area contributed by atoms with Gasteiger partial charge in [0.05, 0.1) is 24.6 Å². The molecule has 2 saturated carbocycles. The van der Waals surface area contributed by atoms with Crippen LogP contribution in [0.15, 0.2) is 12.7 Å². The fourth-order valence-corrected chi connectivity index (χ4v) is 4.22. The van der Waals surface area contributed by atoms with E-state index in [0.717, 1.165) is 6.08 Å². The summed E-state index contributed by atoms with van der Waals surface area (Å²) < 4.78 is 36.7. The second kappa shape index (κ2) is 7.28. The molecule has 0 spiro atoms. The number of fused-ring (bicyclic) bond motifs is 2. The third-order valence-electron chi connectivity index (χ3n) is 4.88. The number of hydrogen-bond donors (Lipinski definition) is 2. The molecule has 0 aromatic rings. The second-order valence-corrected chi connectivity index (χ2v) is 6.76. The Labute approximate surface area is 141 Å². The molecule has 2 bridgehead atoms. The first-order valence-electron chi connectivity index (χ1n) is 7.29. The minimum absolute atomic E-state index is 0.263. The van der Waals surface area contributed by atoms with E-state index < -0.39 is 52.9 Å². The van der Waals surface area contributed by atoms with Gasteiger partial charge in [0.1, 0.15) is 12.2 Å². The largest absolute Gasteiger partial charge is 0.750 e. The third kappa shape index (κ3) is 3.38. The Hall–Kier alpha value is -1.33. The molecule has 10 heteroatoms. The van der Waals surface area contributed by atoms with Crippen molar-refractivity contribution in [2.24, 2.45) is 10.8 Å². The van der Waals surface area contributed by atoms with Gasteiger partial charge in [0, 0.05) is 16.9 Å². The van der Waals surface area contributed by atoms with Gasteiger partial charge in [0.25, 0.3) is 0 Å². The number of ether oxygens (including phenoxy) is 2. The topological polar surface area (TPSA) is 142 Å². The Morgan fingerprint density at radius 2 is 1.83 bits per heavy atom. The van der Waals surface area contributed by atoms with Gasteiger partial charge >= 0.3 is 11.9 Å². The summed E-state index contributed by atoms with van der Waals surface area (Å²) in [5.74, 6) is -1.72. The molecular weight excluding hydrogens is 344 g/mol. The van der Waals surface area contributed by atoms with Crippen LogP contribution in [0.4, 0.5) is 0 Å². The van der Waals surface area contributed by atoms with Crippen LogP contribution in [0.1, 0.15) is 19.3 Å². The Kier molecular flexibility index (Phi) is 5.76. The van der Waals surface area contributed by atoms with Gasteiger partial charge in [-0.15, -0.1) is 0 Å². The summed E-state index contributed by atoms with van der Waals surface area (Å²) in [7, 11) is 0. The van der Waals surface area contributed by atoms with Gasteiger partial charge in [-0.1, -0.05) is 6.58 Å². The predicted molar refractivity (Wildman–Crippen MR) is 77.7 cm³/mol. The zero-order chi connectivity index (χ0) is 18.0. The third-order valence-corrected chi connectivity index (χ3v) is 5.24. The standard InChI is InChI=1S/C14H20O9S/c1-2-9(17)21-5-10(18)22-11-12(23-24(19)20)14(8-16)4-3-13(11,6-14)7-15/h2,11-12,15-16H,1,3-8H2,(H,19,20)/p-1. The summed E-state index contributed by atoms with van der Waals surface area (Å²) in [5, 5.41) is 19.5. The number of hydrogen-bond acceptors (Lipinski definition) is 9. The lowest BCUT2D eigenvalue weighted by atomic mass is 9.78. The van der Waals surface area contributed by atoms with Crippen molar-refractivity contribution in [3.63, 3.8) is 0 Å². The Morgan fingerprint density at radius 1 is 1.25 bits per heavy atom. The molecule has 0 aromatic carbocycles. The predicted octanol–water partition coefficient (Wildman–Crippen LogP) is -1.04. The summed E-state index contributed by atoms with van der Waals surface area (Å²) in [6, 6.07) is 0. The zero-order valence-corrected chi connectivity index (χ0v) is 13.7. The molecule has 0 radical (unpaired) electrons. The SMILES string of the molecule is C=CC(=O)OCC(=O)OC1C(OS(=O)[O-])C2(CO)CCC1(CO)C2. The molecule has 2 aliphatic rings. The minimum Gasteiger partial charge on any atom is -0.750 e. The lowest BCUT2D eigenvalue weighted by Gasteiger charge is -2.40. The maximum Gasteiger partial charge on any atom is 0.344 e. The monoisotopic (exact) mass is 363 g/mol. The lowest BCUT2D eigenvalue weighted by molar-refractivity contribution is -0.175. The van der Waals surface area contributed by atoms with Gasteiger partial charge in [-0.25, -0.2) is 13.8 Å². The summed E-state index contributed by atoms with van der Waals surface area (Å²) in [6.07, 6.45) is -0.158. The van der Waals surface area contributed by atoms with Gasteiger partial charge in [0.15, 0.2) is 6.61 Å². The maximum atomic E-state index is 11.9. The number of carbonyl (C=O) groups excluding carboxylic acids is 2. The number of aliphatic hydroxyl groups is 2. The van der Waals surface area contributed by atoms with Crippen LogP contribution in [0, 0.1) is 10.8 Å². The van der Waals surface area contributed by atoms with Crippen LogP contribution in [0.2, 0.25) is 0 Å². The number of rotatable bonds is 8. The second-order valence-electron chi connectivity index (χ2n) is 6.16. The average Bonchev–Trinajstić information content (AvgIpc) is 3.06. The highest BCUT2D eigenvalue weighted by atomic mass is 32.2. The molecular formula is C14H19O9S-. The van der Waals surface area contributed by atoms with E-state index in [0.29, 0.717) is 12.8 Å². The van der Waals surface area contributed by atoms with E-state index in [1.165, 1.54) is 0 Å². The highest BCUT2D eigenvalue weighted by molar-refractivity contribution is 7.74. The molecule has 0 aliphatic heterocycles. The van der Waals surface area contributed by atoms with Crippen molar-refractivity contribution in [1.29, 1.82) is 0 Å². The van der Waals surface area contributed by atoms with Crippen LogP contribution in [-0.2, 0) is 34.6 Å². The molecule has 5 unspecified atom stereocenters. The van der Waals surface area contributed by atoms with Gasteiger partial charge in [-0.05, 0) is 19.3 Å². The first-order chi connectivity index (χ1) is 11.3. The molecule has 24 heavy (non-hydrogen) atoms. The van der Waals surface area contributed by atoms with E-state index in [2.05, 4.69) is 11.3 Å². The van der Waals surface area contributed by atoms with Crippen molar-refractivity contribution in [3.05, 3.63) is 12.7 Å². The van der Waals surface area contributed by atoms with Crippen LogP contribution in [0.3, 0.4) is 0 Å². The van der Waals surface area contributed by atoms with Gasteiger partial charge in [-0.2, -0.15) is 0 Å². The fourth-order valence-electron chi connectivity index (χ4n) is 3.74. The molecule has 2 rings (SSSR count). The molecule has 0 heterocycles. The first kappa shape index (κ1) is 19.0. The Balaban J connectivity index is 2.17. The van der Waals surface area contributed by atoms with E-state index in [1.54, 1.807) is 0 Å². The quantitative estimate of drug-likeness (QED) is 0.314. The molecule has 2 fully saturated rings. The van der Waals surface area contributed by atoms with Gasteiger partial charge in [-0.3, -0.25) is 4.18 Å². The van der Waals surface area contributed by atoms with E-state index >= 15 is 0 Å². The maximum absolute atomic E-state index is 11.9. The highest BCUT2D eigenvalue weighted by Crippen LogP contribution is 2.63. The summed E-state index contributed by atoms with van der Waals surface area (Å²) in [4.78, 5) is 22.9. The lowest BCUT2D eigenvalue weighted by Crippen LogP contribution is -2.50. The zero-order valence-electron chi connectivity index (χ0n) is 12.8. The molecule has 0 saturated heterocycles. The van der Waals surface area contributed by atoms with Crippen molar-refractivity contribution in [2.75, 3.05) is 19.8 Å². The summed E-state index contributed by atoms with van der Waals surface area (Å²) >= 11 is -2.89. The fraction of sp³-hybridized carbons (Fsp3) is 0.714. The smallest absolute Gasteiger partial charge is 0.344 e. The molecule has 136 valence electrons. The van der Waals surface area contributed by atoms with E-state index in [-0.39, 0.29) is 19.6 Å². The Morgan fingerprint density at radius 3 is 2.33 bits per heavy atom. The van der Waals surface area contributed by atoms with Gasteiger partial charge in [0.2, 0.25) is 0 Å². The Bertz CT molecular complexity index is 550. The molecule has 0 aromatic heterocycles. The first-order valence-corrected chi connectivity index (χ1v) is 8.29. The highest BCUT2D eigenvalue weighted by Gasteiger charge is 2.68. The van der Waals surface area contributed by atoms with Crippen LogP contribution in [0.5, 0.6) is 0 Å². The van der Waals surface area contributed by atoms with Crippen molar-refractivity contribution < 1.29 is 42.2 Å². The van der Waals surface area contributed by atoms with Crippen LogP contribution in [-0.4, -0.2) is 62.9 Å². The number of carbonyl (C=O) groups is 2. The van der Waals surface area contributed by atoms with Crippen LogP contribution >= 0.6 is 0 Å². The van der Waals surface area contributed by atoms with E-state index in [9.17, 15) is 28.6 Å². The van der Waals surface area contributed by atoms with Crippen molar-refractivity contribution >= 4 is 23.3 Å². The van der Waals surface area contributed by atoms with Crippen molar-refractivity contribution in [3.8, 4) is 0 Å². The van der Waals surface area contributed by atoms with E-state index in [1.807, 2.05) is 0 Å². The van der Waals surface area contributed by atoms with Crippen LogP contribution in [0.25, 0.3) is 0 Å². The van der Waals surface area contributed by atoms with Crippen molar-refractivity contribution in [1.82, 2.24) is 0 Å². The van der Waals surface area contributed by atoms with Crippen molar-refractivity contribution in [2.45, 2.75) is 31.5 Å². The summed E-state index contributed by atoms with van der Waals surface area (Å²) in [5.41, 5.74) is -1.81. The molecule has 9 nitrogen and oxygen atoms in total.